The van der Waals surface area contributed by atoms with Gasteiger partial charge in [-0.05, 0) is 12.8 Å². The van der Waals surface area contributed by atoms with Gasteiger partial charge in [-0.2, -0.15) is 8.42 Å². The highest BCUT2D eigenvalue weighted by Crippen LogP contribution is 2.41. The molecule has 1 aliphatic carbocycles. The number of rotatable bonds is 8. The van der Waals surface area contributed by atoms with Gasteiger partial charge in [-0.3, -0.25) is 8.75 Å². The van der Waals surface area contributed by atoms with Crippen LogP contribution in [0.2, 0.25) is 0 Å². The number of nitrogens with two attached hydrogens (primary N) is 1. The van der Waals surface area contributed by atoms with E-state index >= 15 is 0 Å². The predicted octanol–water partition coefficient (Wildman–Crippen LogP) is -1.21. The first-order valence-corrected chi connectivity index (χ1v) is 9.02. The van der Waals surface area contributed by atoms with Crippen LogP contribution in [0.5, 0.6) is 0 Å². The van der Waals surface area contributed by atoms with Crippen LogP contribution in [-0.2, 0) is 19.2 Å². The first kappa shape index (κ1) is 18.1. The van der Waals surface area contributed by atoms with E-state index in [0.717, 1.165) is 18.5 Å². The van der Waals surface area contributed by atoms with Crippen molar-refractivity contribution in [3.8, 4) is 0 Å². The molecule has 0 unspecified atom stereocenters. The first-order chi connectivity index (χ1) is 11.8. The molecule has 1 saturated carbocycles. The van der Waals surface area contributed by atoms with Crippen molar-refractivity contribution in [3.63, 3.8) is 0 Å². The Bertz CT molecular complexity index is 852. The van der Waals surface area contributed by atoms with Crippen molar-refractivity contribution in [3.05, 3.63) is 18.3 Å². The van der Waals surface area contributed by atoms with Crippen molar-refractivity contribution >= 4 is 21.5 Å². The van der Waals surface area contributed by atoms with E-state index in [0.29, 0.717) is 17.1 Å². The number of aliphatic hydroxyl groups excluding tert-OH is 2. The monoisotopic (exact) mass is 373 g/mol. The molecule has 0 aromatic carbocycles. The second-order valence-electron chi connectivity index (χ2n) is 5.81. The zero-order valence-corrected chi connectivity index (χ0v) is 14.2. The molecule has 1 fully saturated rings. The summed E-state index contributed by atoms with van der Waals surface area (Å²) in [6.07, 6.45) is 0.638. The molecule has 3 rings (SSSR count). The molecule has 4 N–H and O–H groups in total. The zero-order valence-electron chi connectivity index (χ0n) is 13.4. The molecule has 2 aromatic heterocycles. The Kier molecular flexibility index (Phi) is 4.99. The molecule has 2 aromatic rings. The molecule has 2 heterocycles. The standard InChI is InChI=1S/C13H19N5O6S/c1-23-8(4-24-25(14,21)22)11(19)13(20)18-6-17-10-9(7-2-3-7)15-5-16-12(10)18/h5-8,11,13,19-20H,2-4H2,1H3,(H2,14,21,22)/t8-,11-,13-/m1/s1. The molecule has 3 atom stereocenters. The number of imidazole rings is 1. The number of aromatic nitrogens is 4. The number of methoxy groups -OCH3 is 1. The Balaban J connectivity index is 1.83. The maximum absolute atomic E-state index is 10.9. The van der Waals surface area contributed by atoms with Gasteiger partial charge in [0, 0.05) is 13.0 Å². The summed E-state index contributed by atoms with van der Waals surface area (Å²) in [7, 11) is -2.96. The van der Waals surface area contributed by atoms with Crippen LogP contribution in [0, 0.1) is 0 Å². The third-order valence-corrected chi connectivity index (χ3v) is 4.49. The quantitative estimate of drug-likeness (QED) is 0.515. The third-order valence-electron chi connectivity index (χ3n) is 4.02. The predicted molar refractivity (Wildman–Crippen MR) is 84.4 cm³/mol. The van der Waals surface area contributed by atoms with Gasteiger partial charge in [0.25, 0.3) is 0 Å². The van der Waals surface area contributed by atoms with Crippen LogP contribution in [-0.4, -0.2) is 64.1 Å². The fourth-order valence-corrected chi connectivity index (χ4v) is 2.87. The van der Waals surface area contributed by atoms with Crippen LogP contribution in [0.3, 0.4) is 0 Å². The Morgan fingerprint density at radius 1 is 1.36 bits per heavy atom. The van der Waals surface area contributed by atoms with E-state index in [1.807, 2.05) is 0 Å². The molecular formula is C13H19N5O6S. The number of nitrogens with zero attached hydrogens (tertiary/aromatic N) is 4. The molecular weight excluding hydrogens is 354 g/mol. The third kappa shape index (κ3) is 3.94. The number of fused-ring (bicyclic) bond motifs is 1. The first-order valence-electron chi connectivity index (χ1n) is 7.55. The second-order valence-corrected chi connectivity index (χ2v) is 7.03. The lowest BCUT2D eigenvalue weighted by Crippen LogP contribution is -2.40. The summed E-state index contributed by atoms with van der Waals surface area (Å²) in [6, 6.07) is 0. The molecule has 25 heavy (non-hydrogen) atoms. The summed E-state index contributed by atoms with van der Waals surface area (Å²) in [4.78, 5) is 12.6. The minimum Gasteiger partial charge on any atom is -0.386 e. The minimum atomic E-state index is -4.20. The van der Waals surface area contributed by atoms with Gasteiger partial charge >= 0.3 is 10.3 Å². The molecule has 12 heteroatoms. The molecule has 0 aliphatic heterocycles. The van der Waals surface area contributed by atoms with E-state index < -0.39 is 35.3 Å². The van der Waals surface area contributed by atoms with Crippen molar-refractivity contribution in [2.75, 3.05) is 13.7 Å². The Hall–Kier alpha value is -1.70. The average molecular weight is 373 g/mol. The largest absolute Gasteiger partial charge is 0.386 e. The van der Waals surface area contributed by atoms with E-state index in [9.17, 15) is 18.6 Å². The van der Waals surface area contributed by atoms with E-state index in [2.05, 4.69) is 19.1 Å². The van der Waals surface area contributed by atoms with Gasteiger partial charge in [-0.25, -0.2) is 20.1 Å². The van der Waals surface area contributed by atoms with E-state index in [1.165, 1.54) is 24.3 Å². The van der Waals surface area contributed by atoms with Crippen molar-refractivity contribution < 1.29 is 27.6 Å². The Labute approximate surface area is 143 Å². The van der Waals surface area contributed by atoms with Gasteiger partial charge in [0.15, 0.2) is 11.9 Å². The molecule has 0 amide bonds. The van der Waals surface area contributed by atoms with Gasteiger partial charge in [0.05, 0.1) is 18.6 Å². The average Bonchev–Trinajstić information content (AvgIpc) is 3.32. The second kappa shape index (κ2) is 6.90. The smallest absolute Gasteiger partial charge is 0.333 e. The molecule has 1 aliphatic rings. The lowest BCUT2D eigenvalue weighted by Gasteiger charge is -2.25. The van der Waals surface area contributed by atoms with Crippen molar-refractivity contribution in [2.24, 2.45) is 5.14 Å². The zero-order chi connectivity index (χ0) is 18.2. The highest BCUT2D eigenvalue weighted by Gasteiger charge is 2.32. The molecule has 0 bridgehead atoms. The Morgan fingerprint density at radius 3 is 2.68 bits per heavy atom. The number of hydrogen-bond acceptors (Lipinski definition) is 9. The lowest BCUT2D eigenvalue weighted by atomic mass is 10.2. The molecule has 0 radical (unpaired) electrons. The topological polar surface area (TPSA) is 163 Å². The van der Waals surface area contributed by atoms with E-state index in [1.54, 1.807) is 0 Å². The van der Waals surface area contributed by atoms with Gasteiger partial charge in [0.2, 0.25) is 0 Å². The van der Waals surface area contributed by atoms with E-state index in [4.69, 9.17) is 9.88 Å². The number of aliphatic hydroxyl groups is 2. The van der Waals surface area contributed by atoms with Crippen LogP contribution in [0.1, 0.15) is 30.7 Å². The maximum Gasteiger partial charge on any atom is 0.333 e. The van der Waals surface area contributed by atoms with Gasteiger partial charge in [-0.15, -0.1) is 0 Å². The fraction of sp³-hybridized carbons (Fsp3) is 0.615. The molecule has 0 saturated heterocycles. The van der Waals surface area contributed by atoms with Gasteiger partial charge < -0.3 is 14.9 Å². The molecule has 0 spiro atoms. The molecule has 138 valence electrons. The lowest BCUT2D eigenvalue weighted by molar-refractivity contribution is -0.112. The minimum absolute atomic E-state index is 0.339. The number of hydrogen-bond donors (Lipinski definition) is 3. The van der Waals surface area contributed by atoms with Crippen molar-refractivity contribution in [1.82, 2.24) is 19.5 Å². The van der Waals surface area contributed by atoms with Crippen molar-refractivity contribution in [1.29, 1.82) is 0 Å². The normalized spacial score (nSPS) is 19.0. The molecule has 11 nitrogen and oxygen atoms in total. The van der Waals surface area contributed by atoms with Gasteiger partial charge in [0.1, 0.15) is 24.1 Å². The summed E-state index contributed by atoms with van der Waals surface area (Å²) < 4.78 is 32.4. The summed E-state index contributed by atoms with van der Waals surface area (Å²) in [5.74, 6) is 0.339. The summed E-state index contributed by atoms with van der Waals surface area (Å²) in [5, 5.41) is 25.5. The summed E-state index contributed by atoms with van der Waals surface area (Å²) >= 11 is 0. The van der Waals surface area contributed by atoms with E-state index in [-0.39, 0.29) is 0 Å². The fourth-order valence-electron chi connectivity index (χ4n) is 2.54. The van der Waals surface area contributed by atoms with Crippen LogP contribution < -0.4 is 5.14 Å². The SMILES string of the molecule is CO[C@H](COS(N)(=O)=O)[C@@H](O)[C@@H](O)n1cnc2c(C3CC3)ncnc21. The van der Waals surface area contributed by atoms with Crippen LogP contribution in [0.25, 0.3) is 11.2 Å². The highest BCUT2D eigenvalue weighted by molar-refractivity contribution is 7.84. The maximum atomic E-state index is 10.9. The summed E-state index contributed by atoms with van der Waals surface area (Å²) in [5.41, 5.74) is 1.74. The highest BCUT2D eigenvalue weighted by atomic mass is 32.2. The van der Waals surface area contributed by atoms with Crippen molar-refractivity contribution in [2.45, 2.75) is 37.2 Å². The van der Waals surface area contributed by atoms with Crippen LogP contribution >= 0.6 is 0 Å². The van der Waals surface area contributed by atoms with Gasteiger partial charge in [-0.1, -0.05) is 0 Å². The van der Waals surface area contributed by atoms with Crippen LogP contribution in [0.4, 0.5) is 0 Å². The Morgan fingerprint density at radius 2 is 2.08 bits per heavy atom. The number of ether oxygens (including phenoxy) is 1. The van der Waals surface area contributed by atoms with Crippen LogP contribution in [0.15, 0.2) is 12.7 Å². The summed E-state index contributed by atoms with van der Waals surface area (Å²) in [6.45, 7) is -0.553.